The van der Waals surface area contributed by atoms with E-state index in [1.165, 1.54) is 24.3 Å². The van der Waals surface area contributed by atoms with Gasteiger partial charge in [-0.25, -0.2) is 12.8 Å². The highest BCUT2D eigenvalue weighted by Crippen LogP contribution is 2.74. The molecule has 0 amide bonds. The van der Waals surface area contributed by atoms with Gasteiger partial charge in [-0.05, 0) is 54.4 Å². The monoisotopic (exact) mass is 330 g/mol. The summed E-state index contributed by atoms with van der Waals surface area (Å²) in [5.41, 5.74) is 0. The molecule has 1 aromatic carbocycles. The van der Waals surface area contributed by atoms with Crippen molar-refractivity contribution in [2.75, 3.05) is 0 Å². The molecular formula is C13H12BrFO2S. The molecule has 5 rings (SSSR count). The SMILES string of the molecule is O=S(=O)(c1ccc(F)cc1)[C@@H]1C2C3[C@H]2C[C@H]1[C@H]3Br. The maximum atomic E-state index is 12.9. The molecule has 0 aromatic heterocycles. The number of sulfone groups is 1. The van der Waals surface area contributed by atoms with Gasteiger partial charge < -0.3 is 0 Å². The van der Waals surface area contributed by atoms with Crippen LogP contribution in [0.1, 0.15) is 6.42 Å². The average molecular weight is 331 g/mol. The van der Waals surface area contributed by atoms with Crippen molar-refractivity contribution < 1.29 is 12.8 Å². The van der Waals surface area contributed by atoms with E-state index in [-0.39, 0.29) is 16.1 Å². The fraction of sp³-hybridized carbons (Fsp3) is 0.538. The second-order valence-electron chi connectivity index (χ2n) is 5.63. The Bertz CT molecular complexity index is 612. The summed E-state index contributed by atoms with van der Waals surface area (Å²) in [6, 6.07) is 5.23. The Morgan fingerprint density at radius 3 is 2.22 bits per heavy atom. The first-order valence-electron chi connectivity index (χ1n) is 6.15. The van der Waals surface area contributed by atoms with Gasteiger partial charge in [0.15, 0.2) is 9.84 Å². The second-order valence-corrected chi connectivity index (χ2v) is 8.79. The summed E-state index contributed by atoms with van der Waals surface area (Å²) in [5, 5.41) is -0.248. The lowest BCUT2D eigenvalue weighted by Gasteiger charge is -2.17. The predicted octanol–water partition coefficient (Wildman–Crippen LogP) is 2.63. The molecule has 0 spiro atoms. The molecule has 2 unspecified atom stereocenters. The molecule has 6 atom stereocenters. The molecule has 4 bridgehead atoms. The third-order valence-electron chi connectivity index (χ3n) is 4.92. The summed E-state index contributed by atoms with van der Waals surface area (Å²) in [7, 11) is -3.30. The summed E-state index contributed by atoms with van der Waals surface area (Å²) < 4.78 is 38.1. The third-order valence-corrected chi connectivity index (χ3v) is 8.51. The average Bonchev–Trinajstić information content (AvgIpc) is 2.65. The normalized spacial score (nSPS) is 44.3. The van der Waals surface area contributed by atoms with E-state index in [4.69, 9.17) is 0 Å². The van der Waals surface area contributed by atoms with Crippen molar-refractivity contribution in [1.82, 2.24) is 0 Å². The number of alkyl halides is 1. The maximum absolute atomic E-state index is 12.9. The summed E-state index contributed by atoms with van der Waals surface area (Å²) in [5.74, 6) is 1.37. The van der Waals surface area contributed by atoms with E-state index in [0.29, 0.717) is 22.6 Å². The fourth-order valence-electron chi connectivity index (χ4n) is 4.20. The molecule has 4 fully saturated rings. The quantitative estimate of drug-likeness (QED) is 0.617. The molecule has 2 nitrogen and oxygen atoms in total. The van der Waals surface area contributed by atoms with E-state index in [1.807, 2.05) is 0 Å². The summed E-state index contributed by atoms with van der Waals surface area (Å²) >= 11 is 3.64. The van der Waals surface area contributed by atoms with E-state index < -0.39 is 15.7 Å². The Morgan fingerprint density at radius 2 is 1.78 bits per heavy atom. The van der Waals surface area contributed by atoms with Crippen molar-refractivity contribution >= 4 is 25.8 Å². The van der Waals surface area contributed by atoms with E-state index in [9.17, 15) is 12.8 Å². The Kier molecular flexibility index (Phi) is 2.13. The number of halogens is 2. The highest BCUT2D eigenvalue weighted by molar-refractivity contribution is 9.09. The molecule has 5 heteroatoms. The van der Waals surface area contributed by atoms with Crippen LogP contribution < -0.4 is 0 Å². The van der Waals surface area contributed by atoms with Crippen LogP contribution in [0.4, 0.5) is 4.39 Å². The van der Waals surface area contributed by atoms with Crippen LogP contribution in [-0.2, 0) is 9.84 Å². The molecular weight excluding hydrogens is 319 g/mol. The number of benzene rings is 1. The molecule has 0 aliphatic heterocycles. The van der Waals surface area contributed by atoms with Crippen LogP contribution in [0.15, 0.2) is 29.2 Å². The van der Waals surface area contributed by atoms with E-state index in [2.05, 4.69) is 15.9 Å². The van der Waals surface area contributed by atoms with Gasteiger partial charge in [-0.3, -0.25) is 0 Å². The van der Waals surface area contributed by atoms with E-state index in [0.717, 1.165) is 6.42 Å². The second kappa shape index (κ2) is 3.37. The molecule has 4 aliphatic carbocycles. The molecule has 4 aliphatic rings. The smallest absolute Gasteiger partial charge is 0.181 e. The number of hydrogen-bond donors (Lipinski definition) is 0. The van der Waals surface area contributed by atoms with Gasteiger partial charge in [0.2, 0.25) is 0 Å². The van der Waals surface area contributed by atoms with Crippen molar-refractivity contribution in [3.63, 3.8) is 0 Å². The lowest BCUT2D eigenvalue weighted by molar-refractivity contribution is 0.547. The number of hydrogen-bond acceptors (Lipinski definition) is 2. The Balaban J connectivity index is 1.75. The van der Waals surface area contributed by atoms with E-state index in [1.54, 1.807) is 0 Å². The molecule has 96 valence electrons. The van der Waals surface area contributed by atoms with Gasteiger partial charge in [0.1, 0.15) is 5.82 Å². The van der Waals surface area contributed by atoms with Crippen LogP contribution in [0, 0.1) is 29.5 Å². The molecule has 0 N–H and O–H groups in total. The molecule has 18 heavy (non-hydrogen) atoms. The van der Waals surface area contributed by atoms with Gasteiger partial charge >= 0.3 is 0 Å². The van der Waals surface area contributed by atoms with Gasteiger partial charge in [-0.15, -0.1) is 0 Å². The van der Waals surface area contributed by atoms with Gasteiger partial charge in [-0.1, -0.05) is 15.9 Å². The summed E-state index contributed by atoms with van der Waals surface area (Å²) in [4.78, 5) is 0.638. The van der Waals surface area contributed by atoms with Gasteiger partial charge in [0.05, 0.1) is 10.1 Å². The highest BCUT2D eigenvalue weighted by atomic mass is 79.9. The van der Waals surface area contributed by atoms with Gasteiger partial charge in [0.25, 0.3) is 0 Å². The van der Waals surface area contributed by atoms with Crippen LogP contribution in [0.5, 0.6) is 0 Å². The molecule has 0 heterocycles. The van der Waals surface area contributed by atoms with Crippen molar-refractivity contribution in [2.24, 2.45) is 23.7 Å². The lowest BCUT2D eigenvalue weighted by Crippen LogP contribution is -2.27. The third kappa shape index (κ3) is 1.24. The first kappa shape index (κ1) is 11.4. The largest absolute Gasteiger partial charge is 0.223 e. The van der Waals surface area contributed by atoms with Gasteiger partial charge in [-0.2, -0.15) is 0 Å². The zero-order chi connectivity index (χ0) is 12.7. The van der Waals surface area contributed by atoms with Crippen molar-refractivity contribution in [2.45, 2.75) is 21.4 Å². The van der Waals surface area contributed by atoms with Crippen molar-refractivity contribution in [1.29, 1.82) is 0 Å². The first-order chi connectivity index (χ1) is 8.51. The van der Waals surface area contributed by atoms with Crippen LogP contribution in [0.3, 0.4) is 0 Å². The van der Waals surface area contributed by atoms with Crippen LogP contribution >= 0.6 is 15.9 Å². The highest BCUT2D eigenvalue weighted by Gasteiger charge is 2.75. The van der Waals surface area contributed by atoms with Crippen LogP contribution in [0.2, 0.25) is 0 Å². The maximum Gasteiger partial charge on any atom is 0.181 e. The Labute approximate surface area is 114 Å². The minimum atomic E-state index is -3.30. The zero-order valence-electron chi connectivity index (χ0n) is 9.46. The Hall–Kier alpha value is -0.420. The zero-order valence-corrected chi connectivity index (χ0v) is 11.9. The van der Waals surface area contributed by atoms with Gasteiger partial charge in [0, 0.05) is 4.83 Å². The molecule has 1 aromatic rings. The van der Waals surface area contributed by atoms with Crippen LogP contribution in [0.25, 0.3) is 0 Å². The minimum absolute atomic E-state index is 0.248. The predicted molar refractivity (Wildman–Crippen MR) is 68.7 cm³/mol. The standard InChI is InChI=1S/C13H12BrFO2S/c14-12-9-5-8-10(12)11(8)13(9)18(16,17)7-3-1-6(15)2-4-7/h1-4,8-13H,5H2/t8-,9+,10?,11?,12-,13+/m1/s1. The molecule has 0 radical (unpaired) electrons. The lowest BCUT2D eigenvalue weighted by atomic mass is 10.1. The topological polar surface area (TPSA) is 34.1 Å². The van der Waals surface area contributed by atoms with Crippen molar-refractivity contribution in [3.05, 3.63) is 30.1 Å². The number of rotatable bonds is 2. The molecule has 4 saturated carbocycles. The van der Waals surface area contributed by atoms with Crippen LogP contribution in [-0.4, -0.2) is 18.5 Å². The molecule has 0 saturated heterocycles. The minimum Gasteiger partial charge on any atom is -0.223 e. The Morgan fingerprint density at radius 1 is 1.11 bits per heavy atom. The summed E-state index contributed by atoms with van der Waals surface area (Å²) in [6.07, 6.45) is 1.04. The van der Waals surface area contributed by atoms with Crippen molar-refractivity contribution in [3.8, 4) is 0 Å². The fourth-order valence-corrected chi connectivity index (χ4v) is 8.06. The van der Waals surface area contributed by atoms with E-state index >= 15 is 0 Å². The first-order valence-corrected chi connectivity index (χ1v) is 8.61. The summed E-state index contributed by atoms with van der Waals surface area (Å²) in [6.45, 7) is 0.